The molecule has 0 heterocycles. The SMILES string of the molecule is CCCC(CCCl)CNS(=O)(=O)c1cc(F)ccc1C. The molecule has 0 aliphatic rings. The maximum absolute atomic E-state index is 13.2. The lowest BCUT2D eigenvalue weighted by molar-refractivity contribution is 0.457. The highest BCUT2D eigenvalue weighted by atomic mass is 35.5. The van der Waals surface area contributed by atoms with Gasteiger partial charge >= 0.3 is 0 Å². The third-order valence-electron chi connectivity index (χ3n) is 3.22. The molecule has 0 spiro atoms. The molecule has 6 heteroatoms. The van der Waals surface area contributed by atoms with Crippen molar-refractivity contribution in [3.05, 3.63) is 29.6 Å². The van der Waals surface area contributed by atoms with Crippen molar-refractivity contribution in [2.24, 2.45) is 5.92 Å². The van der Waals surface area contributed by atoms with E-state index < -0.39 is 15.8 Å². The van der Waals surface area contributed by atoms with E-state index in [0.717, 1.165) is 25.3 Å². The average Bonchev–Trinajstić information content (AvgIpc) is 2.39. The summed E-state index contributed by atoms with van der Waals surface area (Å²) in [6, 6.07) is 3.77. The average molecular weight is 322 g/mol. The lowest BCUT2D eigenvalue weighted by atomic mass is 10.0. The molecular weight excluding hydrogens is 301 g/mol. The summed E-state index contributed by atoms with van der Waals surface area (Å²) in [5.41, 5.74) is 0.531. The fourth-order valence-corrected chi connectivity index (χ4v) is 3.76. The maximum Gasteiger partial charge on any atom is 0.240 e. The van der Waals surface area contributed by atoms with Gasteiger partial charge < -0.3 is 0 Å². The first-order valence-electron chi connectivity index (χ1n) is 6.72. The molecule has 1 unspecified atom stereocenters. The second-order valence-electron chi connectivity index (χ2n) is 4.89. The van der Waals surface area contributed by atoms with Crippen LogP contribution < -0.4 is 4.72 Å². The van der Waals surface area contributed by atoms with Crippen molar-refractivity contribution in [3.8, 4) is 0 Å². The Labute approximate surface area is 125 Å². The topological polar surface area (TPSA) is 46.2 Å². The van der Waals surface area contributed by atoms with Gasteiger partial charge in [0, 0.05) is 12.4 Å². The van der Waals surface area contributed by atoms with Crippen LogP contribution in [0.2, 0.25) is 0 Å². The first-order valence-corrected chi connectivity index (χ1v) is 8.74. The zero-order valence-electron chi connectivity index (χ0n) is 11.8. The van der Waals surface area contributed by atoms with Crippen molar-refractivity contribution >= 4 is 21.6 Å². The maximum atomic E-state index is 13.2. The number of benzene rings is 1. The third-order valence-corrected chi connectivity index (χ3v) is 5.00. The summed E-state index contributed by atoms with van der Waals surface area (Å²) in [6.45, 7) is 4.03. The smallest absolute Gasteiger partial charge is 0.211 e. The minimum atomic E-state index is -3.68. The zero-order valence-corrected chi connectivity index (χ0v) is 13.4. The molecule has 0 saturated heterocycles. The summed E-state index contributed by atoms with van der Waals surface area (Å²) in [5, 5.41) is 0. The predicted octanol–water partition coefficient (Wildman–Crippen LogP) is 3.46. The van der Waals surface area contributed by atoms with Gasteiger partial charge in [0.25, 0.3) is 0 Å². The lowest BCUT2D eigenvalue weighted by Crippen LogP contribution is -2.30. The molecule has 0 saturated carbocycles. The number of rotatable bonds is 8. The molecule has 0 fully saturated rings. The van der Waals surface area contributed by atoms with Gasteiger partial charge in [0.05, 0.1) is 4.90 Å². The van der Waals surface area contributed by atoms with Crippen molar-refractivity contribution in [2.75, 3.05) is 12.4 Å². The van der Waals surface area contributed by atoms with Crippen LogP contribution in [-0.4, -0.2) is 20.8 Å². The van der Waals surface area contributed by atoms with Crippen molar-refractivity contribution in [1.82, 2.24) is 4.72 Å². The summed E-state index contributed by atoms with van der Waals surface area (Å²) in [4.78, 5) is -0.00128. The minimum Gasteiger partial charge on any atom is -0.211 e. The molecule has 1 aromatic carbocycles. The van der Waals surface area contributed by atoms with E-state index in [1.54, 1.807) is 6.92 Å². The summed E-state index contributed by atoms with van der Waals surface area (Å²) in [6.07, 6.45) is 2.65. The molecule has 1 N–H and O–H groups in total. The summed E-state index contributed by atoms with van der Waals surface area (Å²) >= 11 is 5.72. The molecule has 0 bridgehead atoms. The van der Waals surface area contributed by atoms with E-state index in [-0.39, 0.29) is 10.8 Å². The fourth-order valence-electron chi connectivity index (χ4n) is 2.08. The molecule has 0 aromatic heterocycles. The Kier molecular flexibility index (Phi) is 6.92. The van der Waals surface area contributed by atoms with Crippen molar-refractivity contribution in [3.63, 3.8) is 0 Å². The molecule has 0 aliphatic carbocycles. The lowest BCUT2D eigenvalue weighted by Gasteiger charge is -2.16. The van der Waals surface area contributed by atoms with E-state index in [1.165, 1.54) is 12.1 Å². The van der Waals surface area contributed by atoms with Gasteiger partial charge in [-0.2, -0.15) is 0 Å². The van der Waals surface area contributed by atoms with Gasteiger partial charge in [0.1, 0.15) is 5.82 Å². The molecule has 114 valence electrons. The van der Waals surface area contributed by atoms with Gasteiger partial charge in [-0.15, -0.1) is 11.6 Å². The van der Waals surface area contributed by atoms with Crippen LogP contribution in [0.5, 0.6) is 0 Å². The molecule has 20 heavy (non-hydrogen) atoms. The van der Waals surface area contributed by atoms with Crippen molar-refractivity contribution in [1.29, 1.82) is 0 Å². The van der Waals surface area contributed by atoms with Crippen LogP contribution in [0.25, 0.3) is 0 Å². The van der Waals surface area contributed by atoms with Crippen LogP contribution in [-0.2, 0) is 10.0 Å². The van der Waals surface area contributed by atoms with Gasteiger partial charge in [-0.1, -0.05) is 19.4 Å². The van der Waals surface area contributed by atoms with E-state index in [4.69, 9.17) is 11.6 Å². The number of nitrogens with one attached hydrogen (secondary N) is 1. The van der Waals surface area contributed by atoms with Crippen LogP contribution in [0.1, 0.15) is 31.7 Å². The van der Waals surface area contributed by atoms with Gasteiger partial charge in [0.2, 0.25) is 10.0 Å². The Bertz CT molecular complexity index is 528. The molecule has 0 aliphatic heterocycles. The Hall–Kier alpha value is -0.650. The standard InChI is InChI=1S/C14H21ClFNO2S/c1-3-4-12(7-8-15)10-17-20(18,19)14-9-13(16)6-5-11(14)2/h5-6,9,12,17H,3-4,7-8,10H2,1-2H3. The molecule has 0 amide bonds. The van der Waals surface area contributed by atoms with E-state index in [1.807, 2.05) is 6.92 Å². The number of sulfonamides is 1. The third kappa shape index (κ3) is 5.04. The molecule has 1 aromatic rings. The van der Waals surface area contributed by atoms with E-state index in [9.17, 15) is 12.8 Å². The normalized spacial score (nSPS) is 13.4. The van der Waals surface area contributed by atoms with Crippen molar-refractivity contribution < 1.29 is 12.8 Å². The van der Waals surface area contributed by atoms with Crippen LogP contribution in [0.15, 0.2) is 23.1 Å². The van der Waals surface area contributed by atoms with E-state index in [0.29, 0.717) is 18.0 Å². The summed E-state index contributed by atoms with van der Waals surface area (Å²) in [5.74, 6) is 0.161. The van der Waals surface area contributed by atoms with Crippen LogP contribution >= 0.6 is 11.6 Å². The quantitative estimate of drug-likeness (QED) is 0.745. The molecule has 1 atom stereocenters. The largest absolute Gasteiger partial charge is 0.240 e. The van der Waals surface area contributed by atoms with Crippen LogP contribution in [0.4, 0.5) is 4.39 Å². The number of halogens is 2. The van der Waals surface area contributed by atoms with Crippen LogP contribution in [0, 0.1) is 18.7 Å². The number of hydrogen-bond acceptors (Lipinski definition) is 2. The second kappa shape index (κ2) is 7.96. The Morgan fingerprint density at radius 2 is 2.05 bits per heavy atom. The summed E-state index contributed by atoms with van der Waals surface area (Å²) in [7, 11) is -3.68. The van der Waals surface area contributed by atoms with Gasteiger partial charge in [-0.3, -0.25) is 0 Å². The number of hydrogen-bond donors (Lipinski definition) is 1. The highest BCUT2D eigenvalue weighted by molar-refractivity contribution is 7.89. The molecule has 0 radical (unpaired) electrons. The first kappa shape index (κ1) is 17.4. The minimum absolute atomic E-state index is 0.00128. The van der Waals surface area contributed by atoms with Crippen molar-refractivity contribution in [2.45, 2.75) is 38.0 Å². The Balaban J connectivity index is 2.81. The predicted molar refractivity (Wildman–Crippen MR) is 80.1 cm³/mol. The molecular formula is C14H21ClFNO2S. The molecule has 1 rings (SSSR count). The fraction of sp³-hybridized carbons (Fsp3) is 0.571. The monoisotopic (exact) mass is 321 g/mol. The van der Waals surface area contributed by atoms with Gasteiger partial charge in [-0.25, -0.2) is 17.5 Å². The Morgan fingerprint density at radius 3 is 2.65 bits per heavy atom. The Morgan fingerprint density at radius 1 is 1.35 bits per heavy atom. The first-order chi connectivity index (χ1) is 9.40. The summed E-state index contributed by atoms with van der Waals surface area (Å²) < 4.78 is 40.2. The highest BCUT2D eigenvalue weighted by Gasteiger charge is 2.19. The van der Waals surface area contributed by atoms with Crippen LogP contribution in [0.3, 0.4) is 0 Å². The van der Waals surface area contributed by atoms with E-state index in [2.05, 4.69) is 4.72 Å². The van der Waals surface area contributed by atoms with Gasteiger partial charge in [-0.05, 0) is 43.4 Å². The number of aryl methyl sites for hydroxylation is 1. The highest BCUT2D eigenvalue weighted by Crippen LogP contribution is 2.17. The van der Waals surface area contributed by atoms with Gasteiger partial charge in [0.15, 0.2) is 0 Å². The second-order valence-corrected chi connectivity index (χ2v) is 7.01. The number of alkyl halides is 1. The zero-order chi connectivity index (χ0) is 15.2. The van der Waals surface area contributed by atoms with E-state index >= 15 is 0 Å². The molecule has 3 nitrogen and oxygen atoms in total.